The van der Waals surface area contributed by atoms with E-state index in [-0.39, 0.29) is 23.6 Å². The van der Waals surface area contributed by atoms with Gasteiger partial charge >= 0.3 is 6.61 Å². The second-order valence-electron chi connectivity index (χ2n) is 7.16. The smallest absolute Gasteiger partial charge is 0.387 e. The summed E-state index contributed by atoms with van der Waals surface area (Å²) in [4.78, 5) is 16.9. The molecule has 1 fully saturated rings. The molecule has 2 unspecified atom stereocenters. The molecule has 0 saturated carbocycles. The zero-order valence-electron chi connectivity index (χ0n) is 15.7. The van der Waals surface area contributed by atoms with Crippen LogP contribution in [-0.4, -0.2) is 55.5 Å². The lowest BCUT2D eigenvalue weighted by atomic mass is 9.93. The molecule has 144 valence electrons. The molecule has 0 N–H and O–H groups in total. The van der Waals surface area contributed by atoms with E-state index in [1.54, 1.807) is 17.0 Å². The molecule has 1 saturated heterocycles. The Labute approximate surface area is 158 Å². The average Bonchev–Trinajstić information content (AvgIpc) is 3.07. The lowest BCUT2D eigenvalue weighted by molar-refractivity contribution is -0.0499. The average molecular weight is 374 g/mol. The van der Waals surface area contributed by atoms with Crippen molar-refractivity contribution in [3.8, 4) is 5.75 Å². The van der Waals surface area contributed by atoms with E-state index in [4.69, 9.17) is 0 Å². The highest BCUT2D eigenvalue weighted by molar-refractivity contribution is 5.95. The van der Waals surface area contributed by atoms with E-state index >= 15 is 0 Å². The maximum absolute atomic E-state index is 12.9. The Hall–Kier alpha value is -2.47. The minimum Gasteiger partial charge on any atom is -0.435 e. The second-order valence-corrected chi connectivity index (χ2v) is 7.16. The number of halogens is 2. The molecule has 1 aliphatic heterocycles. The van der Waals surface area contributed by atoms with E-state index in [1.165, 1.54) is 23.3 Å². The van der Waals surface area contributed by atoms with Gasteiger partial charge in [0.25, 0.3) is 5.91 Å². The van der Waals surface area contributed by atoms with Gasteiger partial charge in [0.05, 0.1) is 0 Å². The number of hydrogen-bond donors (Lipinski definition) is 0. The number of benzene rings is 2. The summed E-state index contributed by atoms with van der Waals surface area (Å²) >= 11 is 0. The number of amides is 1. The number of likely N-dealkylation sites (tertiary alicyclic amines) is 1. The van der Waals surface area contributed by atoms with Crippen LogP contribution in [0.1, 0.15) is 27.4 Å². The van der Waals surface area contributed by atoms with Crippen LogP contribution < -0.4 is 4.74 Å². The van der Waals surface area contributed by atoms with Crippen molar-refractivity contribution in [2.75, 3.05) is 27.2 Å². The third-order valence-corrected chi connectivity index (χ3v) is 5.05. The van der Waals surface area contributed by atoms with Gasteiger partial charge in [-0.3, -0.25) is 4.79 Å². The lowest BCUT2D eigenvalue weighted by Crippen LogP contribution is -2.35. The fourth-order valence-electron chi connectivity index (χ4n) is 3.60. The maximum Gasteiger partial charge on any atom is 0.387 e. The molecule has 0 aliphatic carbocycles. The quantitative estimate of drug-likeness (QED) is 0.799. The number of ether oxygens (including phenoxy) is 1. The third kappa shape index (κ3) is 4.45. The van der Waals surface area contributed by atoms with Gasteiger partial charge in [0.2, 0.25) is 0 Å². The van der Waals surface area contributed by atoms with Gasteiger partial charge in [0, 0.05) is 30.6 Å². The Morgan fingerprint density at radius 3 is 2.48 bits per heavy atom. The van der Waals surface area contributed by atoms with Crippen LogP contribution in [0.2, 0.25) is 0 Å². The number of alkyl halides is 2. The SMILES string of the molecule is Cc1ccc(C2CN(C(=O)c3cccc(OC(F)F)c3)CC2N(C)C)cc1. The molecule has 0 bridgehead atoms. The molecule has 2 aromatic carbocycles. The van der Waals surface area contributed by atoms with Gasteiger partial charge in [-0.25, -0.2) is 0 Å². The van der Waals surface area contributed by atoms with Crippen molar-refractivity contribution in [2.45, 2.75) is 25.5 Å². The summed E-state index contributed by atoms with van der Waals surface area (Å²) < 4.78 is 29.3. The van der Waals surface area contributed by atoms with Crippen LogP contribution in [0.4, 0.5) is 8.78 Å². The molecule has 2 atom stereocenters. The molecule has 4 nitrogen and oxygen atoms in total. The van der Waals surface area contributed by atoms with Gasteiger partial charge in [-0.15, -0.1) is 0 Å². The third-order valence-electron chi connectivity index (χ3n) is 5.05. The van der Waals surface area contributed by atoms with Crippen molar-refractivity contribution in [3.63, 3.8) is 0 Å². The Morgan fingerprint density at radius 1 is 1.15 bits per heavy atom. The number of likely N-dealkylation sites (N-methyl/N-ethyl adjacent to an activating group) is 1. The first-order valence-corrected chi connectivity index (χ1v) is 8.92. The van der Waals surface area contributed by atoms with Crippen LogP contribution in [0.25, 0.3) is 0 Å². The minimum absolute atomic E-state index is 0.00529. The molecule has 1 aliphatic rings. The standard InChI is InChI=1S/C21H24F2N2O2/c1-14-7-9-15(10-8-14)18-12-25(13-19(18)24(2)3)20(26)16-5-4-6-17(11-16)27-21(22)23/h4-11,18-19,21H,12-13H2,1-3H3. The summed E-state index contributed by atoms with van der Waals surface area (Å²) in [6.07, 6.45) is 0. The highest BCUT2D eigenvalue weighted by Gasteiger charge is 2.37. The highest BCUT2D eigenvalue weighted by Crippen LogP contribution is 2.31. The molecule has 2 aromatic rings. The van der Waals surface area contributed by atoms with E-state index in [0.717, 1.165) is 0 Å². The van der Waals surface area contributed by atoms with Gasteiger partial charge in [-0.1, -0.05) is 35.9 Å². The van der Waals surface area contributed by atoms with Crippen molar-refractivity contribution >= 4 is 5.91 Å². The van der Waals surface area contributed by atoms with Crippen molar-refractivity contribution in [2.24, 2.45) is 0 Å². The molecule has 0 aromatic heterocycles. The highest BCUT2D eigenvalue weighted by atomic mass is 19.3. The van der Waals surface area contributed by atoms with Crippen molar-refractivity contribution in [3.05, 3.63) is 65.2 Å². The van der Waals surface area contributed by atoms with Gasteiger partial charge in [0.1, 0.15) is 5.75 Å². The first-order chi connectivity index (χ1) is 12.8. The minimum atomic E-state index is -2.91. The zero-order chi connectivity index (χ0) is 19.6. The summed E-state index contributed by atoms with van der Waals surface area (Å²) in [7, 11) is 4.02. The van der Waals surface area contributed by atoms with E-state index in [9.17, 15) is 13.6 Å². The first-order valence-electron chi connectivity index (χ1n) is 8.92. The van der Waals surface area contributed by atoms with Gasteiger partial charge < -0.3 is 14.5 Å². The van der Waals surface area contributed by atoms with E-state index in [0.29, 0.717) is 18.7 Å². The molecule has 0 spiro atoms. The lowest BCUT2D eigenvalue weighted by Gasteiger charge is -2.25. The van der Waals surface area contributed by atoms with Crippen molar-refractivity contribution in [1.29, 1.82) is 0 Å². The van der Waals surface area contributed by atoms with Crippen LogP contribution in [0, 0.1) is 6.92 Å². The van der Waals surface area contributed by atoms with Crippen molar-refractivity contribution in [1.82, 2.24) is 9.80 Å². The number of hydrogen-bond acceptors (Lipinski definition) is 3. The first kappa shape index (κ1) is 19.3. The monoisotopic (exact) mass is 374 g/mol. The molecule has 3 rings (SSSR count). The Kier molecular flexibility index (Phi) is 5.75. The second kappa shape index (κ2) is 8.05. The number of nitrogens with zero attached hydrogens (tertiary/aromatic N) is 2. The number of rotatable bonds is 5. The van der Waals surface area contributed by atoms with Gasteiger partial charge in [-0.05, 0) is 44.8 Å². The number of aryl methyl sites for hydroxylation is 1. The molecule has 0 radical (unpaired) electrons. The Morgan fingerprint density at radius 2 is 1.85 bits per heavy atom. The number of carbonyl (C=O) groups excluding carboxylic acids is 1. The van der Waals surface area contributed by atoms with Crippen LogP contribution in [0.3, 0.4) is 0 Å². The summed E-state index contributed by atoms with van der Waals surface area (Å²) in [6, 6.07) is 14.6. The number of carbonyl (C=O) groups is 1. The zero-order valence-corrected chi connectivity index (χ0v) is 15.7. The largest absolute Gasteiger partial charge is 0.435 e. The summed E-state index contributed by atoms with van der Waals surface area (Å²) in [6.45, 7) is 0.312. The molecular weight excluding hydrogens is 350 g/mol. The normalized spacial score (nSPS) is 19.7. The molecule has 6 heteroatoms. The topological polar surface area (TPSA) is 32.8 Å². The van der Waals surface area contributed by atoms with Crippen LogP contribution in [-0.2, 0) is 0 Å². The van der Waals surface area contributed by atoms with E-state index < -0.39 is 6.61 Å². The van der Waals surface area contributed by atoms with Crippen LogP contribution >= 0.6 is 0 Å². The predicted octanol–water partition coefficient (Wildman–Crippen LogP) is 3.77. The summed E-state index contributed by atoms with van der Waals surface area (Å²) in [5.74, 6) is 0.0236. The summed E-state index contributed by atoms with van der Waals surface area (Å²) in [5, 5.41) is 0. The molecule has 1 heterocycles. The molecular formula is C21H24F2N2O2. The fraction of sp³-hybridized carbons (Fsp3) is 0.381. The molecule has 1 amide bonds. The van der Waals surface area contributed by atoms with Crippen LogP contribution in [0.15, 0.2) is 48.5 Å². The molecule has 27 heavy (non-hydrogen) atoms. The fourth-order valence-corrected chi connectivity index (χ4v) is 3.60. The van der Waals surface area contributed by atoms with Gasteiger partial charge in [0.15, 0.2) is 0 Å². The van der Waals surface area contributed by atoms with Crippen molar-refractivity contribution < 1.29 is 18.3 Å². The van der Waals surface area contributed by atoms with E-state index in [2.05, 4.69) is 33.9 Å². The van der Waals surface area contributed by atoms with Gasteiger partial charge in [-0.2, -0.15) is 8.78 Å². The maximum atomic E-state index is 12.9. The van der Waals surface area contributed by atoms with Crippen LogP contribution in [0.5, 0.6) is 5.75 Å². The Balaban J connectivity index is 1.81. The predicted molar refractivity (Wildman–Crippen MR) is 100 cm³/mol. The Bertz CT molecular complexity index is 793. The summed E-state index contributed by atoms with van der Waals surface area (Å²) in [5.41, 5.74) is 2.75. The van der Waals surface area contributed by atoms with E-state index in [1.807, 2.05) is 21.0 Å².